The van der Waals surface area contributed by atoms with E-state index in [4.69, 9.17) is 10.1 Å². The molecule has 2 atom stereocenters. The van der Waals surface area contributed by atoms with E-state index in [1.165, 1.54) is 0 Å². The van der Waals surface area contributed by atoms with Crippen LogP contribution in [0.5, 0.6) is 0 Å². The number of aryl methyl sites for hydroxylation is 1. The van der Waals surface area contributed by atoms with E-state index in [9.17, 15) is 9.90 Å². The topological polar surface area (TPSA) is 120 Å². The lowest BCUT2D eigenvalue weighted by Crippen LogP contribution is -2.20. The fourth-order valence-electron chi connectivity index (χ4n) is 3.71. The van der Waals surface area contributed by atoms with E-state index in [-0.39, 0.29) is 25.1 Å². The van der Waals surface area contributed by atoms with E-state index in [1.54, 1.807) is 11.3 Å². The van der Waals surface area contributed by atoms with E-state index >= 15 is 0 Å². The summed E-state index contributed by atoms with van der Waals surface area (Å²) in [6.45, 7) is 1.82. The van der Waals surface area contributed by atoms with E-state index in [0.29, 0.717) is 11.7 Å². The molecule has 3 aromatic rings. The highest BCUT2D eigenvalue weighted by Gasteiger charge is 2.26. The van der Waals surface area contributed by atoms with E-state index in [0.717, 1.165) is 45.7 Å². The van der Waals surface area contributed by atoms with Gasteiger partial charge in [0.05, 0.1) is 21.5 Å². The Morgan fingerprint density at radius 1 is 1.24 bits per heavy atom. The minimum Gasteiger partial charge on any atom is -0.480 e. The summed E-state index contributed by atoms with van der Waals surface area (Å²) < 4.78 is 1.09. The van der Waals surface area contributed by atoms with Crippen LogP contribution < -0.4 is 10.6 Å². The number of aliphatic carboxylic acids is 1. The van der Waals surface area contributed by atoms with Crippen LogP contribution in [0.1, 0.15) is 25.0 Å². The molecular weight excluding hydrogens is 390 g/mol. The molecule has 4 rings (SSSR count). The first-order valence-corrected chi connectivity index (χ1v) is 10.4. The molecule has 1 saturated carbocycles. The Kier molecular flexibility index (Phi) is 5.59. The molecule has 4 N–H and O–H groups in total. The molecule has 2 heterocycles. The van der Waals surface area contributed by atoms with Crippen LogP contribution in [0, 0.1) is 12.8 Å². The van der Waals surface area contributed by atoms with E-state index in [2.05, 4.69) is 20.6 Å². The summed E-state index contributed by atoms with van der Waals surface area (Å²) in [5, 5.41) is 25.5. The Labute approximate surface area is 172 Å². The van der Waals surface area contributed by atoms with Crippen molar-refractivity contribution in [3.05, 3.63) is 30.0 Å². The zero-order chi connectivity index (χ0) is 20.4. The molecule has 0 bridgehead atoms. The van der Waals surface area contributed by atoms with Crippen LogP contribution in [0.25, 0.3) is 20.8 Å². The Morgan fingerprint density at radius 2 is 2.07 bits per heavy atom. The van der Waals surface area contributed by atoms with Crippen LogP contribution >= 0.6 is 11.3 Å². The van der Waals surface area contributed by atoms with Gasteiger partial charge in [0, 0.05) is 12.6 Å². The fourth-order valence-corrected chi connectivity index (χ4v) is 4.78. The number of aliphatic hydroxyl groups excluding tert-OH is 1. The van der Waals surface area contributed by atoms with Crippen molar-refractivity contribution in [2.24, 2.45) is 5.92 Å². The molecular formula is C20H23N5O3S. The number of carboxylic acid groups (broad SMARTS) is 1. The second kappa shape index (κ2) is 8.30. The molecule has 0 saturated heterocycles. The Morgan fingerprint density at radius 3 is 2.79 bits per heavy atom. The van der Waals surface area contributed by atoms with Crippen molar-refractivity contribution in [3.63, 3.8) is 0 Å². The monoisotopic (exact) mass is 413 g/mol. The molecule has 0 spiro atoms. The number of para-hydroxylation sites is 1. The van der Waals surface area contributed by atoms with Crippen LogP contribution in [0.15, 0.2) is 24.3 Å². The van der Waals surface area contributed by atoms with E-state index in [1.807, 2.05) is 31.2 Å². The molecule has 0 amide bonds. The van der Waals surface area contributed by atoms with Gasteiger partial charge in [-0.15, -0.1) is 11.3 Å². The van der Waals surface area contributed by atoms with Gasteiger partial charge < -0.3 is 20.8 Å². The summed E-state index contributed by atoms with van der Waals surface area (Å²) >= 11 is 1.58. The van der Waals surface area contributed by atoms with E-state index < -0.39 is 5.97 Å². The number of aromatic nitrogens is 3. The number of nitrogens with zero attached hydrogens (tertiary/aromatic N) is 3. The molecule has 9 heteroatoms. The lowest BCUT2D eigenvalue weighted by Gasteiger charge is -2.18. The minimum atomic E-state index is -0.974. The molecule has 152 valence electrons. The third kappa shape index (κ3) is 4.30. The summed E-state index contributed by atoms with van der Waals surface area (Å²) in [4.78, 5) is 24.7. The minimum absolute atomic E-state index is 0.192. The lowest BCUT2D eigenvalue weighted by molar-refractivity contribution is -0.134. The molecule has 1 fully saturated rings. The second-order valence-corrected chi connectivity index (χ2v) is 8.32. The highest BCUT2D eigenvalue weighted by Crippen LogP contribution is 2.37. The maximum absolute atomic E-state index is 10.9. The van der Waals surface area contributed by atoms with Crippen molar-refractivity contribution in [1.29, 1.82) is 0 Å². The molecule has 29 heavy (non-hydrogen) atoms. The maximum atomic E-state index is 10.9. The van der Waals surface area contributed by atoms with Gasteiger partial charge in [0.25, 0.3) is 0 Å². The molecule has 1 aliphatic carbocycles. The summed E-state index contributed by atoms with van der Waals surface area (Å²) in [5.74, 6) is 0.241. The molecule has 8 nitrogen and oxygen atoms in total. The number of fused-ring (bicyclic) bond motifs is 1. The first-order chi connectivity index (χ1) is 14.0. The largest absolute Gasteiger partial charge is 0.480 e. The van der Waals surface area contributed by atoms with Gasteiger partial charge in [-0.25, -0.2) is 9.97 Å². The first kappa shape index (κ1) is 19.5. The van der Waals surface area contributed by atoms with Crippen molar-refractivity contribution in [1.82, 2.24) is 15.0 Å². The number of thiazole rings is 1. The molecule has 0 radical (unpaired) electrons. The van der Waals surface area contributed by atoms with Crippen LogP contribution in [-0.2, 0) is 4.79 Å². The Balaban J connectivity index is 1.72. The van der Waals surface area contributed by atoms with Gasteiger partial charge in [0.2, 0.25) is 5.95 Å². The van der Waals surface area contributed by atoms with Gasteiger partial charge in [0.15, 0.2) is 0 Å². The summed E-state index contributed by atoms with van der Waals surface area (Å²) in [6.07, 6.45) is 2.79. The van der Waals surface area contributed by atoms with Crippen molar-refractivity contribution in [2.75, 3.05) is 23.8 Å². The molecule has 0 aliphatic heterocycles. The fraction of sp³-hybridized carbons (Fsp3) is 0.400. The van der Waals surface area contributed by atoms with Crippen molar-refractivity contribution >= 4 is 39.3 Å². The molecule has 1 aromatic carbocycles. The third-order valence-corrected chi connectivity index (χ3v) is 6.19. The predicted octanol–water partition coefficient (Wildman–Crippen LogP) is 3.13. The Hall–Kier alpha value is -2.78. The number of rotatable bonds is 7. The van der Waals surface area contributed by atoms with Crippen molar-refractivity contribution < 1.29 is 15.0 Å². The highest BCUT2D eigenvalue weighted by molar-refractivity contribution is 7.21. The van der Waals surface area contributed by atoms with Gasteiger partial charge in [-0.2, -0.15) is 4.98 Å². The quantitative estimate of drug-likeness (QED) is 0.466. The van der Waals surface area contributed by atoms with Gasteiger partial charge in [-0.05, 0) is 44.2 Å². The van der Waals surface area contributed by atoms with Crippen LogP contribution in [-0.4, -0.2) is 50.3 Å². The number of carbonyl (C=O) groups is 1. The van der Waals surface area contributed by atoms with Gasteiger partial charge >= 0.3 is 5.97 Å². The normalized spacial score (nSPS) is 18.8. The number of aliphatic hydroxyl groups is 1. The average molecular weight is 414 g/mol. The van der Waals surface area contributed by atoms with Crippen molar-refractivity contribution in [2.45, 2.75) is 32.2 Å². The van der Waals surface area contributed by atoms with Gasteiger partial charge in [-0.1, -0.05) is 12.1 Å². The lowest BCUT2D eigenvalue weighted by atomic mass is 10.1. The van der Waals surface area contributed by atoms with Crippen LogP contribution in [0.2, 0.25) is 0 Å². The standard InChI is InChI=1S/C20H23N5O3S/c1-11-17(19-24-14-4-2-3-5-15(14)29-19)18(23-13-7-6-12(8-13)10-26)25-20(22-11)21-9-16(27)28/h2-5,12-13,26H,6-10H2,1H3,(H,27,28)(H2,21,22,23,25)/t12-,13+/m1/s1. The predicted molar refractivity (Wildman–Crippen MR) is 113 cm³/mol. The third-order valence-electron chi connectivity index (χ3n) is 5.14. The molecule has 2 aromatic heterocycles. The highest BCUT2D eigenvalue weighted by atomic mass is 32.1. The Bertz CT molecular complexity index is 1010. The maximum Gasteiger partial charge on any atom is 0.322 e. The smallest absolute Gasteiger partial charge is 0.322 e. The van der Waals surface area contributed by atoms with Gasteiger partial charge in [0.1, 0.15) is 17.4 Å². The van der Waals surface area contributed by atoms with Crippen LogP contribution in [0.3, 0.4) is 0 Å². The summed E-state index contributed by atoms with van der Waals surface area (Å²) in [6, 6.07) is 8.15. The zero-order valence-electron chi connectivity index (χ0n) is 16.1. The number of benzene rings is 1. The molecule has 0 unspecified atom stereocenters. The number of anilines is 2. The molecule has 1 aliphatic rings. The number of hydrogen-bond donors (Lipinski definition) is 4. The zero-order valence-corrected chi connectivity index (χ0v) is 16.9. The number of hydrogen-bond acceptors (Lipinski definition) is 8. The van der Waals surface area contributed by atoms with Gasteiger partial charge in [-0.3, -0.25) is 4.79 Å². The number of nitrogens with one attached hydrogen (secondary N) is 2. The summed E-state index contributed by atoms with van der Waals surface area (Å²) in [5.41, 5.74) is 2.48. The van der Waals surface area contributed by atoms with Crippen molar-refractivity contribution in [3.8, 4) is 10.6 Å². The SMILES string of the molecule is Cc1nc(NCC(=O)O)nc(N[C@H]2CC[C@@H](CO)C2)c1-c1nc2ccccc2s1. The first-order valence-electron chi connectivity index (χ1n) is 9.61. The second-order valence-electron chi connectivity index (χ2n) is 7.29. The summed E-state index contributed by atoms with van der Waals surface area (Å²) in [7, 11) is 0. The van der Waals surface area contributed by atoms with Crippen LogP contribution in [0.4, 0.5) is 11.8 Å². The average Bonchev–Trinajstić information content (AvgIpc) is 3.32. The number of carboxylic acids is 1.